The average Bonchev–Trinajstić information content (AvgIpc) is 2.59. The third-order valence-electron chi connectivity index (χ3n) is 4.36. The normalized spacial score (nSPS) is 31.1. The highest BCUT2D eigenvalue weighted by Gasteiger charge is 2.39. The standard InChI is InChI=1S/C15H21NO.ClH/c17-15-10-13-6-7-14(11-15)16(13)9-8-12-4-2-1-3-5-12;/h1-5,13-15,17H,6-11H2;1H. The van der Waals surface area contributed by atoms with Crippen LogP contribution in [0.3, 0.4) is 0 Å². The molecule has 1 N–H and O–H groups in total. The molecule has 100 valence electrons. The molecule has 1 aromatic carbocycles. The van der Waals surface area contributed by atoms with Crippen LogP contribution in [0.15, 0.2) is 30.3 Å². The first-order valence-corrected chi connectivity index (χ1v) is 6.80. The summed E-state index contributed by atoms with van der Waals surface area (Å²) in [6, 6.07) is 12.0. The summed E-state index contributed by atoms with van der Waals surface area (Å²) in [4.78, 5) is 2.64. The molecule has 2 bridgehead atoms. The lowest BCUT2D eigenvalue weighted by molar-refractivity contribution is 0.0362. The van der Waals surface area contributed by atoms with Crippen molar-refractivity contribution in [3.05, 3.63) is 35.9 Å². The first kappa shape index (κ1) is 13.9. The molecular weight excluding hydrogens is 246 g/mol. The van der Waals surface area contributed by atoms with E-state index in [2.05, 4.69) is 35.2 Å². The zero-order chi connectivity index (χ0) is 11.7. The van der Waals surface area contributed by atoms with Gasteiger partial charge in [-0.15, -0.1) is 12.4 Å². The first-order valence-electron chi connectivity index (χ1n) is 6.80. The van der Waals surface area contributed by atoms with Crippen LogP contribution in [-0.4, -0.2) is 34.7 Å². The van der Waals surface area contributed by atoms with Gasteiger partial charge in [0.2, 0.25) is 0 Å². The number of rotatable bonds is 3. The van der Waals surface area contributed by atoms with E-state index in [0.717, 1.165) is 25.8 Å². The summed E-state index contributed by atoms with van der Waals surface area (Å²) in [6.07, 6.45) is 5.66. The number of aliphatic hydroxyl groups is 1. The number of benzene rings is 1. The van der Waals surface area contributed by atoms with Crippen molar-refractivity contribution in [2.45, 2.75) is 50.3 Å². The number of hydrogen-bond acceptors (Lipinski definition) is 2. The van der Waals surface area contributed by atoms with Crippen LogP contribution in [-0.2, 0) is 6.42 Å². The lowest BCUT2D eigenvalue weighted by Crippen LogP contribution is -2.45. The summed E-state index contributed by atoms with van der Waals surface area (Å²) in [6.45, 7) is 1.16. The maximum atomic E-state index is 9.77. The van der Waals surface area contributed by atoms with Crippen LogP contribution in [0.5, 0.6) is 0 Å². The molecule has 0 radical (unpaired) electrons. The maximum Gasteiger partial charge on any atom is 0.0570 e. The van der Waals surface area contributed by atoms with Crippen molar-refractivity contribution in [3.8, 4) is 0 Å². The second-order valence-electron chi connectivity index (χ2n) is 5.48. The van der Waals surface area contributed by atoms with Gasteiger partial charge in [-0.25, -0.2) is 0 Å². The zero-order valence-corrected chi connectivity index (χ0v) is 11.5. The fraction of sp³-hybridized carbons (Fsp3) is 0.600. The highest BCUT2D eigenvalue weighted by Crippen LogP contribution is 2.35. The minimum Gasteiger partial charge on any atom is -0.393 e. The van der Waals surface area contributed by atoms with E-state index in [9.17, 15) is 5.11 Å². The van der Waals surface area contributed by atoms with Crippen molar-refractivity contribution in [2.24, 2.45) is 0 Å². The van der Waals surface area contributed by atoms with Crippen molar-refractivity contribution in [1.29, 1.82) is 0 Å². The number of fused-ring (bicyclic) bond motifs is 2. The molecule has 2 aliphatic rings. The van der Waals surface area contributed by atoms with Crippen LogP contribution < -0.4 is 0 Å². The molecule has 3 heteroatoms. The Morgan fingerprint density at radius 2 is 1.67 bits per heavy atom. The molecule has 0 amide bonds. The molecule has 2 unspecified atom stereocenters. The van der Waals surface area contributed by atoms with E-state index in [4.69, 9.17) is 0 Å². The predicted octanol–water partition coefficient (Wildman–Crippen LogP) is 2.64. The SMILES string of the molecule is Cl.OC1CC2CCC(C1)N2CCc1ccccc1. The Bertz CT molecular complexity index is 356. The van der Waals surface area contributed by atoms with Crippen LogP contribution in [0.4, 0.5) is 0 Å². The lowest BCUT2D eigenvalue weighted by atomic mass is 9.99. The second kappa shape index (κ2) is 6.05. The van der Waals surface area contributed by atoms with E-state index >= 15 is 0 Å². The van der Waals surface area contributed by atoms with Gasteiger partial charge in [0, 0.05) is 18.6 Å². The predicted molar refractivity (Wildman–Crippen MR) is 76.2 cm³/mol. The van der Waals surface area contributed by atoms with Crippen molar-refractivity contribution in [2.75, 3.05) is 6.54 Å². The average molecular weight is 268 g/mol. The summed E-state index contributed by atoms with van der Waals surface area (Å²) in [5.74, 6) is 0. The monoisotopic (exact) mass is 267 g/mol. The Labute approximate surface area is 115 Å². The molecule has 0 aromatic heterocycles. The third-order valence-corrected chi connectivity index (χ3v) is 4.36. The molecule has 2 nitrogen and oxygen atoms in total. The topological polar surface area (TPSA) is 23.5 Å². The minimum absolute atomic E-state index is 0. The van der Waals surface area contributed by atoms with Gasteiger partial charge in [-0.1, -0.05) is 30.3 Å². The molecule has 2 fully saturated rings. The molecular formula is C15H22ClNO. The first-order chi connectivity index (χ1) is 8.33. The third kappa shape index (κ3) is 2.87. The number of aliphatic hydroxyl groups excluding tert-OH is 1. The van der Waals surface area contributed by atoms with E-state index in [-0.39, 0.29) is 18.5 Å². The zero-order valence-electron chi connectivity index (χ0n) is 10.7. The second-order valence-corrected chi connectivity index (χ2v) is 5.48. The number of halogens is 1. The molecule has 1 aromatic rings. The molecule has 0 spiro atoms. The van der Waals surface area contributed by atoms with Gasteiger partial charge in [-0.2, -0.15) is 0 Å². The largest absolute Gasteiger partial charge is 0.393 e. The van der Waals surface area contributed by atoms with Gasteiger partial charge in [0.05, 0.1) is 6.10 Å². The van der Waals surface area contributed by atoms with Gasteiger partial charge in [0.1, 0.15) is 0 Å². The van der Waals surface area contributed by atoms with Crippen LogP contribution in [0.1, 0.15) is 31.2 Å². The molecule has 2 heterocycles. The van der Waals surface area contributed by atoms with Crippen LogP contribution >= 0.6 is 12.4 Å². The van der Waals surface area contributed by atoms with E-state index in [1.54, 1.807) is 0 Å². The summed E-state index contributed by atoms with van der Waals surface area (Å²) < 4.78 is 0. The highest BCUT2D eigenvalue weighted by atomic mass is 35.5. The smallest absolute Gasteiger partial charge is 0.0570 e. The van der Waals surface area contributed by atoms with Gasteiger partial charge in [-0.05, 0) is 37.7 Å². The van der Waals surface area contributed by atoms with Gasteiger partial charge in [0.25, 0.3) is 0 Å². The van der Waals surface area contributed by atoms with Crippen LogP contribution in [0, 0.1) is 0 Å². The molecule has 2 aliphatic heterocycles. The summed E-state index contributed by atoms with van der Waals surface area (Å²) in [5.41, 5.74) is 1.43. The van der Waals surface area contributed by atoms with E-state index in [0.29, 0.717) is 12.1 Å². The number of hydrogen-bond donors (Lipinski definition) is 1. The molecule has 0 saturated carbocycles. The van der Waals surface area contributed by atoms with Gasteiger partial charge >= 0.3 is 0 Å². The van der Waals surface area contributed by atoms with Gasteiger partial charge < -0.3 is 5.11 Å². The fourth-order valence-corrected chi connectivity index (χ4v) is 3.51. The van der Waals surface area contributed by atoms with E-state index in [1.807, 2.05) is 0 Å². The van der Waals surface area contributed by atoms with Crippen molar-refractivity contribution in [3.63, 3.8) is 0 Å². The van der Waals surface area contributed by atoms with Crippen molar-refractivity contribution < 1.29 is 5.11 Å². The minimum atomic E-state index is -0.0412. The Morgan fingerprint density at radius 3 is 2.28 bits per heavy atom. The Kier molecular flexibility index (Phi) is 4.66. The molecule has 2 atom stereocenters. The number of piperidine rings is 1. The van der Waals surface area contributed by atoms with Crippen LogP contribution in [0.25, 0.3) is 0 Å². The van der Waals surface area contributed by atoms with Gasteiger partial charge in [-0.3, -0.25) is 4.90 Å². The summed E-state index contributed by atoms with van der Waals surface area (Å²) in [7, 11) is 0. The molecule has 2 saturated heterocycles. The molecule has 0 aliphatic carbocycles. The summed E-state index contributed by atoms with van der Waals surface area (Å²) in [5, 5.41) is 9.77. The van der Waals surface area contributed by atoms with Gasteiger partial charge in [0.15, 0.2) is 0 Å². The fourth-order valence-electron chi connectivity index (χ4n) is 3.51. The molecule has 18 heavy (non-hydrogen) atoms. The van der Waals surface area contributed by atoms with Crippen molar-refractivity contribution in [1.82, 2.24) is 4.90 Å². The van der Waals surface area contributed by atoms with Crippen molar-refractivity contribution >= 4 is 12.4 Å². The Hall–Kier alpha value is -0.570. The van der Waals surface area contributed by atoms with Crippen LogP contribution in [0.2, 0.25) is 0 Å². The Morgan fingerprint density at radius 1 is 1.06 bits per heavy atom. The lowest BCUT2D eigenvalue weighted by Gasteiger charge is -2.37. The Balaban J connectivity index is 0.00000120. The quantitative estimate of drug-likeness (QED) is 0.910. The highest BCUT2D eigenvalue weighted by molar-refractivity contribution is 5.85. The maximum absolute atomic E-state index is 9.77. The van der Waals surface area contributed by atoms with E-state index in [1.165, 1.54) is 18.4 Å². The summed E-state index contributed by atoms with van der Waals surface area (Å²) >= 11 is 0. The molecule has 3 rings (SSSR count). The van der Waals surface area contributed by atoms with E-state index < -0.39 is 0 Å². The number of nitrogens with zero attached hydrogens (tertiary/aromatic N) is 1.